The summed E-state index contributed by atoms with van der Waals surface area (Å²) >= 11 is 11.9. The Morgan fingerprint density at radius 2 is 1.79 bits per heavy atom. The average molecular weight is 444 g/mol. The van der Waals surface area contributed by atoms with Crippen molar-refractivity contribution >= 4 is 40.8 Å². The second-order valence-corrected chi connectivity index (χ2v) is 7.06. The molecular weight excluding hydrogens is 430 g/mol. The van der Waals surface area contributed by atoms with Gasteiger partial charge in [-0.3, -0.25) is 4.79 Å². The minimum atomic E-state index is -4.64. The molecule has 0 saturated carbocycles. The van der Waals surface area contributed by atoms with Gasteiger partial charge in [0.25, 0.3) is 5.91 Å². The molecule has 0 fully saturated rings. The quantitative estimate of drug-likeness (QED) is 0.603. The lowest BCUT2D eigenvalue weighted by Gasteiger charge is -2.29. The van der Waals surface area contributed by atoms with Crippen LogP contribution in [-0.2, 0) is 11.0 Å². The highest BCUT2D eigenvalue weighted by Crippen LogP contribution is 2.36. The summed E-state index contributed by atoms with van der Waals surface area (Å²) in [5.41, 5.74) is -0.685. The number of nitrogens with one attached hydrogen (secondary N) is 3. The highest BCUT2D eigenvalue weighted by Gasteiger charge is 2.35. The number of para-hydroxylation sites is 1. The summed E-state index contributed by atoms with van der Waals surface area (Å²) in [7, 11) is 0. The van der Waals surface area contributed by atoms with Crippen LogP contribution in [0, 0.1) is 0 Å². The van der Waals surface area contributed by atoms with Gasteiger partial charge in [0.05, 0.1) is 32.9 Å². The third-order valence-corrected chi connectivity index (χ3v) is 5.01. The number of rotatable bonds is 3. The minimum absolute atomic E-state index is 0.0416. The molecule has 3 amide bonds. The van der Waals surface area contributed by atoms with Crippen molar-refractivity contribution in [3.63, 3.8) is 0 Å². The van der Waals surface area contributed by atoms with E-state index in [1.54, 1.807) is 6.07 Å². The van der Waals surface area contributed by atoms with Crippen molar-refractivity contribution in [1.29, 1.82) is 0 Å². The second kappa shape index (κ2) is 7.96. The number of carbonyl (C=O) groups is 2. The molecule has 0 saturated heterocycles. The smallest absolute Gasteiger partial charge is 0.327 e. The summed E-state index contributed by atoms with van der Waals surface area (Å²) in [5, 5.41) is 7.81. The Hall–Kier alpha value is -2.71. The van der Waals surface area contributed by atoms with E-state index in [-0.39, 0.29) is 21.3 Å². The Bertz CT molecular complexity index is 1020. The molecule has 0 radical (unpaired) electrons. The first-order chi connectivity index (χ1) is 13.6. The van der Waals surface area contributed by atoms with E-state index >= 15 is 0 Å². The van der Waals surface area contributed by atoms with Gasteiger partial charge in [-0.05, 0) is 36.8 Å². The van der Waals surface area contributed by atoms with Crippen molar-refractivity contribution in [2.75, 3.05) is 5.32 Å². The number of hydrogen-bond acceptors (Lipinski definition) is 2. The topological polar surface area (TPSA) is 70.2 Å². The molecule has 0 spiro atoms. The van der Waals surface area contributed by atoms with Gasteiger partial charge in [0, 0.05) is 5.70 Å². The molecule has 0 unspecified atom stereocenters. The van der Waals surface area contributed by atoms with E-state index in [0.717, 1.165) is 12.1 Å². The minimum Gasteiger partial charge on any atom is -0.327 e. The van der Waals surface area contributed by atoms with Crippen LogP contribution in [0.5, 0.6) is 0 Å². The standard InChI is InChI=1S/C19H14Cl2F3N3O2/c1-9-15(17(28)26-14-5-3-2-4-11(14)19(22,23)24)16(27-18(29)25-9)10-6-7-12(20)13(21)8-10/h2-8,16H,1H3,(H,26,28)(H2,25,27,29)/t16-/m0/s1. The fourth-order valence-corrected chi connectivity index (χ4v) is 3.27. The van der Waals surface area contributed by atoms with E-state index < -0.39 is 35.4 Å². The number of hydrogen-bond donors (Lipinski definition) is 3. The van der Waals surface area contributed by atoms with Gasteiger partial charge in [0.1, 0.15) is 0 Å². The van der Waals surface area contributed by atoms with Gasteiger partial charge in [-0.2, -0.15) is 13.2 Å². The number of halogens is 5. The highest BCUT2D eigenvalue weighted by atomic mass is 35.5. The third-order valence-electron chi connectivity index (χ3n) is 4.27. The maximum atomic E-state index is 13.2. The molecule has 1 heterocycles. The fourth-order valence-electron chi connectivity index (χ4n) is 2.97. The Morgan fingerprint density at radius 3 is 2.45 bits per heavy atom. The molecule has 5 nitrogen and oxygen atoms in total. The summed E-state index contributed by atoms with van der Waals surface area (Å²) in [6, 6.07) is 7.67. The van der Waals surface area contributed by atoms with E-state index in [1.165, 1.54) is 31.2 Å². The van der Waals surface area contributed by atoms with E-state index in [4.69, 9.17) is 23.2 Å². The molecule has 2 aromatic carbocycles. The SMILES string of the molecule is CC1=C(C(=O)Nc2ccccc2C(F)(F)F)[C@H](c2ccc(Cl)c(Cl)c2)NC(=O)N1. The van der Waals surface area contributed by atoms with Crippen LogP contribution in [0.15, 0.2) is 53.7 Å². The zero-order valence-corrected chi connectivity index (χ0v) is 16.3. The average Bonchev–Trinajstić information content (AvgIpc) is 2.62. The predicted molar refractivity (Wildman–Crippen MR) is 104 cm³/mol. The number of allylic oxidation sites excluding steroid dienone is 1. The van der Waals surface area contributed by atoms with Gasteiger partial charge in [0.15, 0.2) is 0 Å². The Kier molecular flexibility index (Phi) is 5.77. The van der Waals surface area contributed by atoms with Gasteiger partial charge < -0.3 is 16.0 Å². The molecule has 0 bridgehead atoms. The van der Waals surface area contributed by atoms with Crippen LogP contribution in [0.25, 0.3) is 0 Å². The van der Waals surface area contributed by atoms with Gasteiger partial charge in [-0.1, -0.05) is 41.4 Å². The van der Waals surface area contributed by atoms with Crippen molar-refractivity contribution in [2.45, 2.75) is 19.1 Å². The van der Waals surface area contributed by atoms with Crippen molar-refractivity contribution < 1.29 is 22.8 Å². The zero-order valence-electron chi connectivity index (χ0n) is 14.8. The molecule has 1 atom stereocenters. The van der Waals surface area contributed by atoms with Crippen LogP contribution >= 0.6 is 23.2 Å². The number of carbonyl (C=O) groups excluding carboxylic acids is 2. The van der Waals surface area contributed by atoms with Crippen LogP contribution in [0.1, 0.15) is 24.1 Å². The number of alkyl halides is 3. The lowest BCUT2D eigenvalue weighted by molar-refractivity contribution is -0.137. The summed E-state index contributed by atoms with van der Waals surface area (Å²) in [5.74, 6) is -0.803. The van der Waals surface area contributed by atoms with Crippen molar-refractivity contribution in [3.8, 4) is 0 Å². The van der Waals surface area contributed by atoms with Crippen molar-refractivity contribution in [2.24, 2.45) is 0 Å². The molecular formula is C19H14Cl2F3N3O2. The highest BCUT2D eigenvalue weighted by molar-refractivity contribution is 6.42. The first kappa shape index (κ1) is 21.0. The summed E-state index contributed by atoms with van der Waals surface area (Å²) in [6.07, 6.45) is -4.64. The number of urea groups is 1. The third kappa shape index (κ3) is 4.49. The molecule has 2 aromatic rings. The molecule has 10 heteroatoms. The number of amides is 3. The zero-order chi connectivity index (χ0) is 21.3. The van der Waals surface area contributed by atoms with Gasteiger partial charge >= 0.3 is 12.2 Å². The second-order valence-electron chi connectivity index (χ2n) is 6.24. The number of benzene rings is 2. The molecule has 29 heavy (non-hydrogen) atoms. The molecule has 1 aliphatic rings. The first-order valence-corrected chi connectivity index (χ1v) is 9.04. The lowest BCUT2D eigenvalue weighted by Crippen LogP contribution is -2.46. The summed E-state index contributed by atoms with van der Waals surface area (Å²) in [4.78, 5) is 24.8. The fraction of sp³-hybridized carbons (Fsp3) is 0.158. The molecule has 3 rings (SSSR count). The maximum absolute atomic E-state index is 13.2. The monoisotopic (exact) mass is 443 g/mol. The van der Waals surface area contributed by atoms with E-state index in [2.05, 4.69) is 16.0 Å². The maximum Gasteiger partial charge on any atom is 0.418 e. The lowest BCUT2D eigenvalue weighted by atomic mass is 9.94. The van der Waals surface area contributed by atoms with Crippen LogP contribution < -0.4 is 16.0 Å². The predicted octanol–water partition coefficient (Wildman–Crippen LogP) is 5.28. The normalized spacial score (nSPS) is 16.9. The van der Waals surface area contributed by atoms with Crippen molar-refractivity contribution in [1.82, 2.24) is 10.6 Å². The van der Waals surface area contributed by atoms with E-state index in [9.17, 15) is 22.8 Å². The van der Waals surface area contributed by atoms with Crippen LogP contribution in [-0.4, -0.2) is 11.9 Å². The molecule has 0 aromatic heterocycles. The summed E-state index contributed by atoms with van der Waals surface area (Å²) in [6.45, 7) is 1.48. The Balaban J connectivity index is 2.00. The molecule has 1 aliphatic heterocycles. The van der Waals surface area contributed by atoms with Crippen LogP contribution in [0.3, 0.4) is 0 Å². The van der Waals surface area contributed by atoms with E-state index in [1.807, 2.05) is 0 Å². The van der Waals surface area contributed by atoms with Crippen LogP contribution in [0.2, 0.25) is 10.0 Å². The van der Waals surface area contributed by atoms with Gasteiger partial charge in [-0.15, -0.1) is 0 Å². The largest absolute Gasteiger partial charge is 0.418 e. The Labute approximate surface area is 173 Å². The number of anilines is 1. The molecule has 3 N–H and O–H groups in total. The van der Waals surface area contributed by atoms with E-state index in [0.29, 0.717) is 5.56 Å². The molecule has 0 aliphatic carbocycles. The van der Waals surface area contributed by atoms with Gasteiger partial charge in [0.2, 0.25) is 0 Å². The summed E-state index contributed by atoms with van der Waals surface area (Å²) < 4.78 is 39.7. The first-order valence-electron chi connectivity index (χ1n) is 8.28. The van der Waals surface area contributed by atoms with Crippen molar-refractivity contribution in [3.05, 3.63) is 74.9 Å². The van der Waals surface area contributed by atoms with Gasteiger partial charge in [-0.25, -0.2) is 4.79 Å². The Morgan fingerprint density at radius 1 is 1.10 bits per heavy atom. The van der Waals surface area contributed by atoms with Crippen LogP contribution in [0.4, 0.5) is 23.7 Å². The molecule has 152 valence electrons.